The summed E-state index contributed by atoms with van der Waals surface area (Å²) < 4.78 is 26.4. The highest BCUT2D eigenvalue weighted by Gasteiger charge is 2.29. The van der Waals surface area contributed by atoms with Crippen molar-refractivity contribution in [3.05, 3.63) is 42.2 Å². The minimum absolute atomic E-state index is 0.158. The number of pyridine rings is 1. The fourth-order valence-electron chi connectivity index (χ4n) is 1.03. The van der Waals surface area contributed by atoms with Crippen molar-refractivity contribution in [1.82, 2.24) is 4.98 Å². The molecule has 76 valence electrons. The molecule has 0 atom stereocenters. The van der Waals surface area contributed by atoms with Crippen LogP contribution in [0.5, 0.6) is 0 Å². The number of aliphatic hydroxyl groups excluding tert-OH is 1. The number of allylic oxidation sites excluding steroid dienone is 1. The molecule has 1 N–H and O–H groups in total. The summed E-state index contributed by atoms with van der Waals surface area (Å²) in [6.07, 6.45) is 1.84. The third-order valence-electron chi connectivity index (χ3n) is 1.81. The van der Waals surface area contributed by atoms with E-state index in [1.165, 1.54) is 18.2 Å². The molecule has 1 heterocycles. The summed E-state index contributed by atoms with van der Waals surface area (Å²) in [6.45, 7) is 3.02. The number of aliphatic hydroxyl groups is 1. The van der Waals surface area contributed by atoms with Crippen molar-refractivity contribution in [1.29, 1.82) is 0 Å². The third kappa shape index (κ3) is 2.35. The summed E-state index contributed by atoms with van der Waals surface area (Å²) in [4.78, 5) is 3.68. The molecule has 14 heavy (non-hydrogen) atoms. The number of rotatable bonds is 4. The van der Waals surface area contributed by atoms with Crippen molar-refractivity contribution in [3.8, 4) is 0 Å². The molecule has 1 aromatic heterocycles. The highest BCUT2D eigenvalue weighted by Crippen LogP contribution is 2.31. The van der Waals surface area contributed by atoms with Gasteiger partial charge >= 0.3 is 0 Å². The summed E-state index contributed by atoms with van der Waals surface area (Å²) in [6, 6.07) is 2.65. The Balaban J connectivity index is 2.90. The van der Waals surface area contributed by atoms with Crippen LogP contribution < -0.4 is 0 Å². The van der Waals surface area contributed by atoms with Crippen LogP contribution in [0.15, 0.2) is 31.0 Å². The van der Waals surface area contributed by atoms with E-state index in [-0.39, 0.29) is 12.2 Å². The van der Waals surface area contributed by atoms with Crippen molar-refractivity contribution in [2.75, 3.05) is 0 Å². The SMILES string of the molecule is C=CCC(F)(F)c1ccc(CO)nc1. The lowest BCUT2D eigenvalue weighted by molar-refractivity contribution is -0.00125. The van der Waals surface area contributed by atoms with Gasteiger partial charge in [-0.3, -0.25) is 4.98 Å². The lowest BCUT2D eigenvalue weighted by Crippen LogP contribution is -2.12. The maximum Gasteiger partial charge on any atom is 0.278 e. The van der Waals surface area contributed by atoms with E-state index in [0.717, 1.165) is 6.20 Å². The second kappa shape index (κ2) is 4.28. The quantitative estimate of drug-likeness (QED) is 0.754. The van der Waals surface area contributed by atoms with E-state index < -0.39 is 12.3 Å². The number of aromatic nitrogens is 1. The summed E-state index contributed by atoms with van der Waals surface area (Å²) in [5.41, 5.74) is 0.220. The maximum absolute atomic E-state index is 13.2. The van der Waals surface area contributed by atoms with Crippen LogP contribution in [-0.4, -0.2) is 10.1 Å². The van der Waals surface area contributed by atoms with Gasteiger partial charge in [0.05, 0.1) is 12.3 Å². The van der Waals surface area contributed by atoms with Crippen LogP contribution in [0, 0.1) is 0 Å². The summed E-state index contributed by atoms with van der Waals surface area (Å²) in [7, 11) is 0. The van der Waals surface area contributed by atoms with Gasteiger partial charge in [-0.05, 0) is 12.1 Å². The highest BCUT2D eigenvalue weighted by atomic mass is 19.3. The molecule has 0 bridgehead atoms. The Morgan fingerprint density at radius 2 is 2.21 bits per heavy atom. The Morgan fingerprint density at radius 1 is 1.50 bits per heavy atom. The minimum atomic E-state index is -2.93. The zero-order valence-corrected chi connectivity index (χ0v) is 7.58. The zero-order chi connectivity index (χ0) is 10.6. The first-order valence-electron chi connectivity index (χ1n) is 4.15. The van der Waals surface area contributed by atoms with Gasteiger partial charge in [-0.15, -0.1) is 6.58 Å². The number of hydrogen-bond acceptors (Lipinski definition) is 2. The first kappa shape index (κ1) is 10.8. The molecule has 1 aromatic rings. The fraction of sp³-hybridized carbons (Fsp3) is 0.300. The molecule has 0 aliphatic carbocycles. The molecule has 0 unspecified atom stereocenters. The second-order valence-electron chi connectivity index (χ2n) is 2.89. The largest absolute Gasteiger partial charge is 0.390 e. The molecule has 0 aliphatic heterocycles. The molecule has 0 aromatic carbocycles. The van der Waals surface area contributed by atoms with E-state index in [0.29, 0.717) is 5.69 Å². The predicted molar refractivity (Wildman–Crippen MR) is 48.9 cm³/mol. The normalized spacial score (nSPS) is 11.4. The van der Waals surface area contributed by atoms with Crippen molar-refractivity contribution >= 4 is 0 Å². The number of halogens is 2. The van der Waals surface area contributed by atoms with E-state index in [9.17, 15) is 8.78 Å². The van der Waals surface area contributed by atoms with Crippen LogP contribution in [0.1, 0.15) is 17.7 Å². The Bertz CT molecular complexity index is 308. The zero-order valence-electron chi connectivity index (χ0n) is 7.58. The molecule has 0 saturated carbocycles. The van der Waals surface area contributed by atoms with Crippen LogP contribution >= 0.6 is 0 Å². The molecule has 1 rings (SSSR count). The molecule has 2 nitrogen and oxygen atoms in total. The maximum atomic E-state index is 13.2. The number of alkyl halides is 2. The van der Waals surface area contributed by atoms with E-state index in [1.807, 2.05) is 0 Å². The van der Waals surface area contributed by atoms with E-state index >= 15 is 0 Å². The van der Waals surface area contributed by atoms with Crippen LogP contribution in [0.4, 0.5) is 8.78 Å². The molecular formula is C10H11F2NO. The second-order valence-corrected chi connectivity index (χ2v) is 2.89. The number of nitrogens with zero attached hydrogens (tertiary/aromatic N) is 1. The Kier molecular flexibility index (Phi) is 3.30. The first-order valence-corrected chi connectivity index (χ1v) is 4.15. The van der Waals surface area contributed by atoms with Crippen molar-refractivity contribution in [2.24, 2.45) is 0 Å². The topological polar surface area (TPSA) is 33.1 Å². The van der Waals surface area contributed by atoms with E-state index in [1.54, 1.807) is 0 Å². The van der Waals surface area contributed by atoms with Gasteiger partial charge in [-0.2, -0.15) is 0 Å². The molecule has 0 radical (unpaired) electrons. The molecular weight excluding hydrogens is 188 g/mol. The van der Waals surface area contributed by atoms with Gasteiger partial charge < -0.3 is 5.11 Å². The Hall–Kier alpha value is -1.29. The van der Waals surface area contributed by atoms with E-state index in [4.69, 9.17) is 5.11 Å². The van der Waals surface area contributed by atoms with Gasteiger partial charge in [0.25, 0.3) is 5.92 Å². The summed E-state index contributed by atoms with van der Waals surface area (Å²) in [5.74, 6) is -2.93. The molecule has 4 heteroatoms. The van der Waals surface area contributed by atoms with Gasteiger partial charge in [0.15, 0.2) is 0 Å². The first-order chi connectivity index (χ1) is 6.60. The molecule has 0 fully saturated rings. The fourth-order valence-corrected chi connectivity index (χ4v) is 1.03. The molecule has 0 saturated heterocycles. The standard InChI is InChI=1S/C10H11F2NO/c1-2-5-10(11,12)8-3-4-9(7-14)13-6-8/h2-4,6,14H,1,5,7H2. The van der Waals surface area contributed by atoms with Crippen molar-refractivity contribution < 1.29 is 13.9 Å². The van der Waals surface area contributed by atoms with Crippen LogP contribution in [0.25, 0.3) is 0 Å². The summed E-state index contributed by atoms with van der Waals surface area (Å²) in [5, 5.41) is 8.67. The van der Waals surface area contributed by atoms with Crippen molar-refractivity contribution in [2.45, 2.75) is 19.0 Å². The average Bonchev–Trinajstić information content (AvgIpc) is 2.18. The van der Waals surface area contributed by atoms with Gasteiger partial charge in [0.2, 0.25) is 0 Å². The molecule has 0 aliphatic rings. The third-order valence-corrected chi connectivity index (χ3v) is 1.81. The van der Waals surface area contributed by atoms with Crippen molar-refractivity contribution in [3.63, 3.8) is 0 Å². The van der Waals surface area contributed by atoms with Gasteiger partial charge in [0.1, 0.15) is 0 Å². The van der Waals surface area contributed by atoms with Gasteiger partial charge in [-0.25, -0.2) is 8.78 Å². The van der Waals surface area contributed by atoms with Gasteiger partial charge in [0, 0.05) is 18.2 Å². The molecule has 0 spiro atoms. The monoisotopic (exact) mass is 199 g/mol. The lowest BCUT2D eigenvalue weighted by atomic mass is 10.1. The smallest absolute Gasteiger partial charge is 0.278 e. The van der Waals surface area contributed by atoms with Gasteiger partial charge in [-0.1, -0.05) is 6.08 Å². The lowest BCUT2D eigenvalue weighted by Gasteiger charge is -2.13. The number of hydrogen-bond donors (Lipinski definition) is 1. The predicted octanol–water partition coefficient (Wildman–Crippen LogP) is 2.24. The van der Waals surface area contributed by atoms with E-state index in [2.05, 4.69) is 11.6 Å². The van der Waals surface area contributed by atoms with Crippen LogP contribution in [0.3, 0.4) is 0 Å². The highest BCUT2D eigenvalue weighted by molar-refractivity contribution is 5.19. The Morgan fingerprint density at radius 3 is 2.64 bits per heavy atom. The minimum Gasteiger partial charge on any atom is -0.390 e. The van der Waals surface area contributed by atoms with Crippen LogP contribution in [-0.2, 0) is 12.5 Å². The molecule has 0 amide bonds. The van der Waals surface area contributed by atoms with Crippen LogP contribution in [0.2, 0.25) is 0 Å². The average molecular weight is 199 g/mol. The summed E-state index contributed by atoms with van der Waals surface area (Å²) >= 11 is 0. The Labute approximate surface area is 80.9 Å².